The maximum Gasteiger partial charge on any atom is 0.360 e. The number of hydrogen-bond donors (Lipinski definition) is 1. The first-order valence-electron chi connectivity index (χ1n) is 5.82. The minimum Gasteiger partial charge on any atom is -0.458 e. The largest absolute Gasteiger partial charge is 0.458 e. The molecule has 0 saturated heterocycles. The van der Waals surface area contributed by atoms with Crippen molar-refractivity contribution in [3.63, 3.8) is 0 Å². The van der Waals surface area contributed by atoms with Gasteiger partial charge < -0.3 is 15.2 Å². The predicted molar refractivity (Wildman–Crippen MR) is 65.3 cm³/mol. The van der Waals surface area contributed by atoms with Crippen molar-refractivity contribution in [1.29, 1.82) is 0 Å². The van der Waals surface area contributed by atoms with E-state index in [0.717, 1.165) is 0 Å². The van der Waals surface area contributed by atoms with Crippen LogP contribution in [0.25, 0.3) is 0 Å². The van der Waals surface area contributed by atoms with Crippen molar-refractivity contribution in [2.75, 3.05) is 20.3 Å². The number of carbonyl (C=O) groups is 2. The number of methoxy groups -OCH3 is 1. The molecule has 8 heteroatoms. The summed E-state index contributed by atoms with van der Waals surface area (Å²) < 4.78 is 11.2. The molecule has 0 aliphatic heterocycles. The molecule has 1 aromatic rings. The summed E-state index contributed by atoms with van der Waals surface area (Å²) in [4.78, 5) is 22.7. The molecule has 1 unspecified atom stereocenters. The van der Waals surface area contributed by atoms with Crippen LogP contribution in [0.15, 0.2) is 0 Å². The molecule has 0 fully saturated rings. The molecule has 1 rings (SSSR count). The van der Waals surface area contributed by atoms with Gasteiger partial charge in [0.25, 0.3) is 0 Å². The fourth-order valence-electron chi connectivity index (χ4n) is 1.36. The second-order valence-electron chi connectivity index (χ2n) is 4.14. The van der Waals surface area contributed by atoms with Crippen molar-refractivity contribution in [2.45, 2.75) is 20.4 Å². The molecule has 2 N–H and O–H groups in total. The zero-order valence-electron chi connectivity index (χ0n) is 11.3. The Balaban J connectivity index is 2.69. The number of aromatic nitrogens is 3. The van der Waals surface area contributed by atoms with Gasteiger partial charge in [0.1, 0.15) is 6.61 Å². The highest BCUT2D eigenvalue weighted by Crippen LogP contribution is 2.08. The van der Waals surface area contributed by atoms with Gasteiger partial charge in [0, 0.05) is 7.11 Å². The van der Waals surface area contributed by atoms with Gasteiger partial charge in [0.15, 0.2) is 5.69 Å². The highest BCUT2D eigenvalue weighted by molar-refractivity contribution is 5.88. The summed E-state index contributed by atoms with van der Waals surface area (Å²) in [6.07, 6.45) is 0. The van der Waals surface area contributed by atoms with E-state index in [0.29, 0.717) is 12.3 Å². The monoisotopic (exact) mass is 270 g/mol. The second kappa shape index (κ2) is 6.83. The fourth-order valence-corrected chi connectivity index (χ4v) is 1.36. The van der Waals surface area contributed by atoms with Crippen LogP contribution in [0, 0.1) is 12.8 Å². The fraction of sp³-hybridized carbons (Fsp3) is 0.636. The number of nitrogens with two attached hydrogens (primary N) is 1. The smallest absolute Gasteiger partial charge is 0.360 e. The Kier molecular flexibility index (Phi) is 5.43. The Bertz CT molecular complexity index is 458. The van der Waals surface area contributed by atoms with Gasteiger partial charge >= 0.3 is 5.97 Å². The lowest BCUT2D eigenvalue weighted by Crippen LogP contribution is -2.25. The number of rotatable bonds is 7. The molecule has 8 nitrogen and oxygen atoms in total. The van der Waals surface area contributed by atoms with Crippen LogP contribution in [0.3, 0.4) is 0 Å². The predicted octanol–water partition coefficient (Wildman–Crippen LogP) is -0.489. The van der Waals surface area contributed by atoms with Gasteiger partial charge in [-0.2, -0.15) is 0 Å². The van der Waals surface area contributed by atoms with E-state index in [-0.39, 0.29) is 18.8 Å². The molecule has 0 bridgehead atoms. The van der Waals surface area contributed by atoms with Crippen molar-refractivity contribution in [3.05, 3.63) is 11.4 Å². The van der Waals surface area contributed by atoms with Crippen LogP contribution in [0.4, 0.5) is 0 Å². The summed E-state index contributed by atoms with van der Waals surface area (Å²) in [5.41, 5.74) is 5.85. The standard InChI is InChI=1S/C11H18N4O4/c1-7(10(12)16)6-15-8(2)9(13-14-15)11(17)19-5-4-18-3/h7H,4-6H2,1-3H3,(H2,12,16). The Morgan fingerprint density at radius 1 is 1.42 bits per heavy atom. The average molecular weight is 270 g/mol. The van der Waals surface area contributed by atoms with Crippen molar-refractivity contribution < 1.29 is 19.1 Å². The van der Waals surface area contributed by atoms with Gasteiger partial charge in [-0.05, 0) is 6.92 Å². The molecule has 1 heterocycles. The third kappa shape index (κ3) is 4.02. The van der Waals surface area contributed by atoms with Crippen molar-refractivity contribution in [3.8, 4) is 0 Å². The van der Waals surface area contributed by atoms with Gasteiger partial charge in [0.2, 0.25) is 5.91 Å². The van der Waals surface area contributed by atoms with Crippen molar-refractivity contribution >= 4 is 11.9 Å². The van der Waals surface area contributed by atoms with Crippen LogP contribution in [0.1, 0.15) is 23.1 Å². The lowest BCUT2D eigenvalue weighted by Gasteiger charge is -2.08. The molecule has 1 aromatic heterocycles. The summed E-state index contributed by atoms with van der Waals surface area (Å²) in [5.74, 6) is -1.38. The molecule has 19 heavy (non-hydrogen) atoms. The van der Waals surface area contributed by atoms with Gasteiger partial charge in [-0.1, -0.05) is 12.1 Å². The minimum atomic E-state index is -0.562. The SMILES string of the molecule is COCCOC(=O)c1nnn(CC(C)C(N)=O)c1C. The van der Waals surface area contributed by atoms with Crippen molar-refractivity contribution in [2.24, 2.45) is 11.7 Å². The first kappa shape index (κ1) is 15.1. The molecule has 0 radical (unpaired) electrons. The normalized spacial score (nSPS) is 12.2. The number of esters is 1. The molecule has 0 saturated carbocycles. The van der Waals surface area contributed by atoms with Crippen LogP contribution >= 0.6 is 0 Å². The number of amides is 1. The third-order valence-electron chi connectivity index (χ3n) is 2.63. The van der Waals surface area contributed by atoms with Crippen molar-refractivity contribution in [1.82, 2.24) is 15.0 Å². The molecule has 1 atom stereocenters. The summed E-state index contributed by atoms with van der Waals surface area (Å²) >= 11 is 0. The summed E-state index contributed by atoms with van der Waals surface area (Å²) in [5, 5.41) is 7.57. The van der Waals surface area contributed by atoms with Crippen LogP contribution < -0.4 is 5.73 Å². The van der Waals surface area contributed by atoms with E-state index >= 15 is 0 Å². The molecular formula is C11H18N4O4. The minimum absolute atomic E-state index is 0.132. The van der Waals surface area contributed by atoms with Gasteiger partial charge in [0.05, 0.1) is 24.8 Å². The zero-order valence-corrected chi connectivity index (χ0v) is 11.3. The van der Waals surface area contributed by atoms with Gasteiger partial charge in [-0.3, -0.25) is 4.79 Å². The maximum absolute atomic E-state index is 11.7. The van der Waals surface area contributed by atoms with Gasteiger partial charge in [-0.25, -0.2) is 9.48 Å². The Morgan fingerprint density at radius 3 is 2.68 bits per heavy atom. The summed E-state index contributed by atoms with van der Waals surface area (Å²) in [6, 6.07) is 0. The average Bonchev–Trinajstić information content (AvgIpc) is 2.71. The third-order valence-corrected chi connectivity index (χ3v) is 2.63. The Morgan fingerprint density at radius 2 is 2.11 bits per heavy atom. The summed E-state index contributed by atoms with van der Waals surface area (Å²) in [7, 11) is 1.51. The van der Waals surface area contributed by atoms with E-state index in [1.54, 1.807) is 13.8 Å². The summed E-state index contributed by atoms with van der Waals surface area (Å²) in [6.45, 7) is 4.11. The molecular weight excluding hydrogens is 252 g/mol. The molecule has 1 amide bonds. The maximum atomic E-state index is 11.7. The molecule has 106 valence electrons. The van der Waals surface area contributed by atoms with Crippen LogP contribution in [-0.4, -0.2) is 47.2 Å². The number of nitrogens with zero attached hydrogens (tertiary/aromatic N) is 3. The van der Waals surface area contributed by atoms with E-state index in [1.807, 2.05) is 0 Å². The highest BCUT2D eigenvalue weighted by atomic mass is 16.6. The van der Waals surface area contributed by atoms with E-state index in [9.17, 15) is 9.59 Å². The number of hydrogen-bond acceptors (Lipinski definition) is 6. The molecule has 0 aliphatic rings. The Labute approximate surface area is 110 Å². The first-order chi connectivity index (χ1) is 8.97. The van der Waals surface area contributed by atoms with E-state index in [1.165, 1.54) is 11.8 Å². The van der Waals surface area contributed by atoms with Gasteiger partial charge in [-0.15, -0.1) is 5.10 Å². The second-order valence-corrected chi connectivity index (χ2v) is 4.14. The van der Waals surface area contributed by atoms with Crippen LogP contribution in [0.5, 0.6) is 0 Å². The molecule has 0 aliphatic carbocycles. The first-order valence-corrected chi connectivity index (χ1v) is 5.82. The lowest BCUT2D eigenvalue weighted by molar-refractivity contribution is -0.121. The topological polar surface area (TPSA) is 109 Å². The number of ether oxygens (including phenoxy) is 2. The highest BCUT2D eigenvalue weighted by Gasteiger charge is 2.20. The van der Waals surface area contributed by atoms with E-state index < -0.39 is 17.8 Å². The number of carbonyl (C=O) groups excluding carboxylic acids is 2. The molecule has 0 spiro atoms. The van der Waals surface area contributed by atoms with E-state index in [2.05, 4.69) is 10.3 Å². The molecule has 0 aromatic carbocycles. The van der Waals surface area contributed by atoms with Crippen LogP contribution in [-0.2, 0) is 20.8 Å². The number of primary amides is 1. The van der Waals surface area contributed by atoms with Crippen LogP contribution in [0.2, 0.25) is 0 Å². The Hall–Kier alpha value is -1.96. The lowest BCUT2D eigenvalue weighted by atomic mass is 10.2. The zero-order chi connectivity index (χ0) is 14.4. The quantitative estimate of drug-likeness (QED) is 0.529. The van der Waals surface area contributed by atoms with E-state index in [4.69, 9.17) is 15.2 Å².